The fourth-order valence-corrected chi connectivity index (χ4v) is 3.26. The molecular formula is C17H21N5O3S. The summed E-state index contributed by atoms with van der Waals surface area (Å²) >= 11 is 1.55. The standard InChI is InChI=1S/C17H21N5O3S/c1-10-15(23)22(3)13-7-11(5-6-14(13)25-10)20-16(24)18-8-12-9-19-17(26-4)21(12)2/h5-7,9-10H,8H2,1-4H3,(H2,18,20,24)/t10-/m1/s1. The molecule has 9 heteroatoms. The Balaban J connectivity index is 1.65. The van der Waals surface area contributed by atoms with Crippen LogP contribution in [0.15, 0.2) is 29.6 Å². The van der Waals surface area contributed by atoms with E-state index in [-0.39, 0.29) is 11.9 Å². The minimum atomic E-state index is -0.514. The summed E-state index contributed by atoms with van der Waals surface area (Å²) in [7, 11) is 3.60. The Hall–Kier alpha value is -2.68. The first kappa shape index (κ1) is 18.1. The van der Waals surface area contributed by atoms with Crippen LogP contribution in [-0.4, -0.2) is 40.9 Å². The van der Waals surface area contributed by atoms with Crippen LogP contribution in [0, 0.1) is 0 Å². The lowest BCUT2D eigenvalue weighted by molar-refractivity contribution is -0.125. The third kappa shape index (κ3) is 3.48. The molecule has 1 aromatic heterocycles. The molecule has 26 heavy (non-hydrogen) atoms. The topological polar surface area (TPSA) is 88.5 Å². The number of aromatic nitrogens is 2. The van der Waals surface area contributed by atoms with Crippen LogP contribution >= 0.6 is 11.8 Å². The molecule has 1 aromatic carbocycles. The van der Waals surface area contributed by atoms with Gasteiger partial charge in [-0.3, -0.25) is 4.79 Å². The zero-order chi connectivity index (χ0) is 18.8. The molecule has 2 heterocycles. The lowest BCUT2D eigenvalue weighted by atomic mass is 10.2. The highest BCUT2D eigenvalue weighted by Crippen LogP contribution is 2.35. The first-order valence-corrected chi connectivity index (χ1v) is 9.31. The molecule has 138 valence electrons. The molecule has 2 N–H and O–H groups in total. The molecule has 3 rings (SSSR count). The molecule has 8 nitrogen and oxygen atoms in total. The van der Waals surface area contributed by atoms with E-state index in [1.807, 2.05) is 17.9 Å². The van der Waals surface area contributed by atoms with Crippen LogP contribution in [0.3, 0.4) is 0 Å². The molecule has 1 aliphatic rings. The van der Waals surface area contributed by atoms with Crippen molar-refractivity contribution in [1.29, 1.82) is 0 Å². The average molecular weight is 375 g/mol. The van der Waals surface area contributed by atoms with Gasteiger partial charge in [-0.1, -0.05) is 11.8 Å². The lowest BCUT2D eigenvalue weighted by Gasteiger charge is -2.30. The molecule has 1 aliphatic heterocycles. The number of benzene rings is 1. The number of thioether (sulfide) groups is 1. The number of imidazole rings is 1. The van der Waals surface area contributed by atoms with Crippen LogP contribution in [-0.2, 0) is 18.4 Å². The molecule has 0 unspecified atom stereocenters. The number of ether oxygens (including phenoxy) is 1. The summed E-state index contributed by atoms with van der Waals surface area (Å²) in [6.07, 6.45) is 3.18. The molecular weight excluding hydrogens is 354 g/mol. The van der Waals surface area contributed by atoms with Crippen LogP contribution in [0.1, 0.15) is 12.6 Å². The van der Waals surface area contributed by atoms with E-state index in [0.717, 1.165) is 10.9 Å². The van der Waals surface area contributed by atoms with Crippen molar-refractivity contribution in [2.75, 3.05) is 23.5 Å². The van der Waals surface area contributed by atoms with Crippen molar-refractivity contribution in [3.05, 3.63) is 30.1 Å². The molecule has 0 radical (unpaired) electrons. The Morgan fingerprint density at radius 1 is 1.38 bits per heavy atom. The minimum Gasteiger partial charge on any atom is -0.479 e. The molecule has 0 saturated heterocycles. The summed E-state index contributed by atoms with van der Waals surface area (Å²) < 4.78 is 7.51. The second kappa shape index (κ2) is 7.28. The normalized spacial score (nSPS) is 16.1. The second-order valence-corrected chi connectivity index (χ2v) is 6.72. The van der Waals surface area contributed by atoms with Gasteiger partial charge in [-0.15, -0.1) is 0 Å². The minimum absolute atomic E-state index is 0.125. The van der Waals surface area contributed by atoms with Crippen LogP contribution in [0.5, 0.6) is 5.75 Å². The Morgan fingerprint density at radius 3 is 2.85 bits per heavy atom. The fraction of sp³-hybridized carbons (Fsp3) is 0.353. The Bertz CT molecular complexity index is 851. The van der Waals surface area contributed by atoms with Gasteiger partial charge in [-0.25, -0.2) is 9.78 Å². The van der Waals surface area contributed by atoms with Crippen molar-refractivity contribution in [3.8, 4) is 5.75 Å². The number of fused-ring (bicyclic) bond motifs is 1. The maximum Gasteiger partial charge on any atom is 0.319 e. The van der Waals surface area contributed by atoms with Gasteiger partial charge in [0.15, 0.2) is 11.3 Å². The number of carbonyl (C=O) groups is 2. The van der Waals surface area contributed by atoms with Crippen LogP contribution in [0.2, 0.25) is 0 Å². The van der Waals surface area contributed by atoms with Gasteiger partial charge in [0.2, 0.25) is 0 Å². The summed E-state index contributed by atoms with van der Waals surface area (Å²) in [6, 6.07) is 4.87. The van der Waals surface area contributed by atoms with Crippen LogP contribution in [0.25, 0.3) is 0 Å². The van der Waals surface area contributed by atoms with E-state index in [1.165, 1.54) is 4.90 Å². The summed E-state index contributed by atoms with van der Waals surface area (Å²) in [5, 5.41) is 6.46. The quantitative estimate of drug-likeness (QED) is 0.800. The van der Waals surface area contributed by atoms with Crippen molar-refractivity contribution in [2.45, 2.75) is 24.7 Å². The second-order valence-electron chi connectivity index (χ2n) is 5.94. The number of likely N-dealkylation sites (N-methyl/N-ethyl adjacent to an activating group) is 1. The van der Waals surface area contributed by atoms with Gasteiger partial charge in [-0.2, -0.15) is 0 Å². The number of hydrogen-bond donors (Lipinski definition) is 2. The number of nitrogens with zero attached hydrogens (tertiary/aromatic N) is 3. The molecule has 1 atom stereocenters. The molecule has 0 fully saturated rings. The number of nitrogens with one attached hydrogen (secondary N) is 2. The van der Waals surface area contributed by atoms with Crippen LogP contribution in [0.4, 0.5) is 16.2 Å². The number of rotatable bonds is 4. The number of carbonyl (C=O) groups excluding carboxylic acids is 2. The summed E-state index contributed by atoms with van der Waals surface area (Å²) in [5.41, 5.74) is 2.11. The monoisotopic (exact) mass is 375 g/mol. The third-order valence-electron chi connectivity index (χ3n) is 4.21. The van der Waals surface area contributed by atoms with E-state index in [2.05, 4.69) is 15.6 Å². The Labute approximate surface area is 155 Å². The highest BCUT2D eigenvalue weighted by Gasteiger charge is 2.29. The van der Waals surface area contributed by atoms with Gasteiger partial charge in [0.05, 0.1) is 24.1 Å². The molecule has 0 saturated carbocycles. The molecule has 3 amide bonds. The van der Waals surface area contributed by atoms with Gasteiger partial charge in [0.1, 0.15) is 5.75 Å². The number of amides is 3. The highest BCUT2D eigenvalue weighted by molar-refractivity contribution is 7.98. The van der Waals surface area contributed by atoms with Gasteiger partial charge in [-0.05, 0) is 31.4 Å². The van der Waals surface area contributed by atoms with Crippen molar-refractivity contribution in [2.24, 2.45) is 7.05 Å². The van der Waals surface area contributed by atoms with E-state index in [0.29, 0.717) is 23.7 Å². The maximum atomic E-state index is 12.2. The van der Waals surface area contributed by atoms with E-state index in [9.17, 15) is 9.59 Å². The summed E-state index contributed by atoms with van der Waals surface area (Å²) in [4.78, 5) is 30.0. The summed E-state index contributed by atoms with van der Waals surface area (Å²) in [6.45, 7) is 2.07. The van der Waals surface area contributed by atoms with E-state index < -0.39 is 6.10 Å². The Morgan fingerprint density at radius 2 is 2.15 bits per heavy atom. The molecule has 0 aliphatic carbocycles. The molecule has 0 bridgehead atoms. The van der Waals surface area contributed by atoms with E-state index in [4.69, 9.17) is 4.74 Å². The SMILES string of the molecule is CSc1ncc(CNC(=O)Nc2ccc3c(c2)N(C)C(=O)[C@@H](C)O3)n1C. The highest BCUT2D eigenvalue weighted by atomic mass is 32.2. The van der Waals surface area contributed by atoms with Gasteiger partial charge in [0.25, 0.3) is 5.91 Å². The van der Waals surface area contributed by atoms with Gasteiger partial charge in [0, 0.05) is 19.8 Å². The Kier molecular flexibility index (Phi) is 5.08. The van der Waals surface area contributed by atoms with Gasteiger partial charge >= 0.3 is 6.03 Å². The van der Waals surface area contributed by atoms with Crippen molar-refractivity contribution < 1.29 is 14.3 Å². The fourth-order valence-electron chi connectivity index (χ4n) is 2.71. The van der Waals surface area contributed by atoms with E-state index in [1.54, 1.807) is 50.1 Å². The average Bonchev–Trinajstić information content (AvgIpc) is 2.98. The van der Waals surface area contributed by atoms with Crippen LogP contribution < -0.4 is 20.3 Å². The van der Waals surface area contributed by atoms with Crippen molar-refractivity contribution >= 4 is 35.1 Å². The maximum absolute atomic E-state index is 12.2. The largest absolute Gasteiger partial charge is 0.479 e. The first-order chi connectivity index (χ1) is 12.4. The molecule has 2 aromatic rings. The van der Waals surface area contributed by atoms with Crippen molar-refractivity contribution in [3.63, 3.8) is 0 Å². The number of urea groups is 1. The van der Waals surface area contributed by atoms with E-state index >= 15 is 0 Å². The summed E-state index contributed by atoms with van der Waals surface area (Å²) in [5.74, 6) is 0.491. The smallest absolute Gasteiger partial charge is 0.319 e. The zero-order valence-corrected chi connectivity index (χ0v) is 15.9. The molecule has 0 spiro atoms. The predicted octanol–water partition coefficient (Wildman–Crippen LogP) is 2.21. The van der Waals surface area contributed by atoms with Crippen molar-refractivity contribution in [1.82, 2.24) is 14.9 Å². The zero-order valence-electron chi connectivity index (χ0n) is 15.1. The number of hydrogen-bond acceptors (Lipinski definition) is 5. The lowest BCUT2D eigenvalue weighted by Crippen LogP contribution is -2.42. The van der Waals surface area contributed by atoms with Gasteiger partial charge < -0.3 is 24.8 Å². The third-order valence-corrected chi connectivity index (χ3v) is 4.96. The first-order valence-electron chi connectivity index (χ1n) is 8.08. The predicted molar refractivity (Wildman–Crippen MR) is 101 cm³/mol. The number of anilines is 2.